The van der Waals surface area contributed by atoms with E-state index in [0.29, 0.717) is 46.0 Å². The average molecular weight is 720 g/mol. The number of nitrogens with one attached hydrogen (secondary N) is 1. The number of nitriles is 1. The highest BCUT2D eigenvalue weighted by Gasteiger charge is 2.21. The Labute approximate surface area is 304 Å². The number of β-amino-alcohol motifs (C(OH)–C–C–N with tert-alkyl or cyclic N) is 1. The summed E-state index contributed by atoms with van der Waals surface area (Å²) in [5.41, 5.74) is 5.30. The molecule has 0 saturated carbocycles. The number of aromatic nitrogens is 1. The van der Waals surface area contributed by atoms with Gasteiger partial charge in [0, 0.05) is 66.9 Å². The van der Waals surface area contributed by atoms with Crippen molar-refractivity contribution in [3.05, 3.63) is 105 Å². The van der Waals surface area contributed by atoms with Gasteiger partial charge >= 0.3 is 0 Å². The minimum atomic E-state index is -0.514. The first-order valence-corrected chi connectivity index (χ1v) is 17.5. The number of ether oxygens (including phenoxy) is 3. The van der Waals surface area contributed by atoms with Gasteiger partial charge in [-0.2, -0.15) is 5.26 Å². The number of aliphatic hydroxyl groups excluding tert-OH is 2. The Hall–Kier alpha value is -3.88. The number of benzene rings is 3. The van der Waals surface area contributed by atoms with Crippen molar-refractivity contribution in [1.29, 1.82) is 5.26 Å². The normalized spacial score (nSPS) is 14.8. The summed E-state index contributed by atoms with van der Waals surface area (Å²) in [6.45, 7) is 9.69. The second kappa shape index (κ2) is 17.4. The van der Waals surface area contributed by atoms with Crippen LogP contribution in [-0.4, -0.2) is 64.6 Å². The topological polar surface area (TPSA) is 120 Å². The van der Waals surface area contributed by atoms with E-state index in [1.54, 1.807) is 24.4 Å². The Kier molecular flexibility index (Phi) is 13.0. The summed E-state index contributed by atoms with van der Waals surface area (Å²) in [5, 5.41) is 33.1. The maximum atomic E-state index is 9.77. The van der Waals surface area contributed by atoms with Crippen molar-refractivity contribution in [1.82, 2.24) is 15.2 Å². The van der Waals surface area contributed by atoms with Gasteiger partial charge in [-0.25, -0.2) is 0 Å². The highest BCUT2D eigenvalue weighted by Crippen LogP contribution is 2.39. The van der Waals surface area contributed by atoms with Crippen LogP contribution in [0.3, 0.4) is 0 Å². The quantitative estimate of drug-likeness (QED) is 0.104. The average Bonchev–Trinajstić information content (AvgIpc) is 3.54. The summed E-state index contributed by atoms with van der Waals surface area (Å²) in [7, 11) is 0. The van der Waals surface area contributed by atoms with E-state index in [1.165, 1.54) is 6.20 Å². The number of aliphatic hydroxyl groups is 2. The molecule has 0 radical (unpaired) electrons. The molecule has 0 aliphatic carbocycles. The van der Waals surface area contributed by atoms with Gasteiger partial charge in [0.15, 0.2) is 0 Å². The highest BCUT2D eigenvalue weighted by molar-refractivity contribution is 6.35. The predicted molar refractivity (Wildman–Crippen MR) is 196 cm³/mol. The van der Waals surface area contributed by atoms with Crippen LogP contribution in [0.2, 0.25) is 10.0 Å². The molecule has 4 aromatic rings. The first kappa shape index (κ1) is 37.4. The fraction of sp³-hybridized carbons (Fsp3) is 0.385. The fourth-order valence-corrected chi connectivity index (χ4v) is 6.26. The minimum absolute atomic E-state index is 0.0447. The molecular formula is C39H44Cl2N4O5. The largest absolute Gasteiger partial charge is 0.492 e. The van der Waals surface area contributed by atoms with Crippen LogP contribution in [0.4, 0.5) is 0 Å². The van der Waals surface area contributed by atoms with E-state index in [-0.39, 0.29) is 25.9 Å². The summed E-state index contributed by atoms with van der Waals surface area (Å²) in [5.74, 6) is 1.65. The molecular weight excluding hydrogens is 675 g/mol. The predicted octanol–water partition coefficient (Wildman–Crippen LogP) is 7.09. The first-order valence-electron chi connectivity index (χ1n) is 16.8. The number of nitrogens with zero attached hydrogens (tertiary/aromatic N) is 3. The van der Waals surface area contributed by atoms with Crippen molar-refractivity contribution in [3.8, 4) is 34.4 Å². The number of pyridine rings is 1. The molecule has 3 N–H and O–H groups in total. The second-order valence-corrected chi connectivity index (χ2v) is 14.0. The number of hydrogen-bond acceptors (Lipinski definition) is 9. The standard InChI is InChI=1S/C39H44Cl2N4O5/c1-26-29(7-4-8-32(26)33-9-5-10-35(38(33)41)48-14-6-12-45-13-11-31(47)22-45)24-50-37-17-36(49-23-28-15-27(18-42)19-43-20-28)30(16-34(37)40)21-44-39(2,3)25-46/h4-5,7-10,15-17,19-20,31,44,46-47H,6,11-14,21-25H2,1-3H3. The van der Waals surface area contributed by atoms with Crippen molar-refractivity contribution in [2.24, 2.45) is 0 Å². The van der Waals surface area contributed by atoms with Gasteiger partial charge in [0.25, 0.3) is 0 Å². The van der Waals surface area contributed by atoms with Gasteiger partial charge in [0.05, 0.1) is 34.9 Å². The molecule has 3 aromatic carbocycles. The van der Waals surface area contributed by atoms with Crippen LogP contribution in [0.15, 0.2) is 67.0 Å². The van der Waals surface area contributed by atoms with E-state index in [0.717, 1.165) is 65.9 Å². The molecule has 9 nitrogen and oxygen atoms in total. The van der Waals surface area contributed by atoms with Crippen molar-refractivity contribution in [2.45, 2.75) is 65.0 Å². The SMILES string of the molecule is Cc1c(COc2cc(OCc3cncc(C#N)c3)c(CNC(C)(C)CO)cc2Cl)cccc1-c1cccc(OCCCN2CCC(O)C2)c1Cl. The van der Waals surface area contributed by atoms with E-state index in [9.17, 15) is 15.5 Å². The Morgan fingerprint density at radius 2 is 1.76 bits per heavy atom. The van der Waals surface area contributed by atoms with Crippen LogP contribution in [-0.2, 0) is 19.8 Å². The molecule has 1 fully saturated rings. The lowest BCUT2D eigenvalue weighted by Crippen LogP contribution is -2.42. The Balaban J connectivity index is 1.30. The van der Waals surface area contributed by atoms with Crippen molar-refractivity contribution < 1.29 is 24.4 Å². The zero-order chi connectivity index (χ0) is 35.7. The molecule has 264 valence electrons. The summed E-state index contributed by atoms with van der Waals surface area (Å²) in [6.07, 6.45) is 4.61. The van der Waals surface area contributed by atoms with Crippen LogP contribution >= 0.6 is 23.2 Å². The van der Waals surface area contributed by atoms with Gasteiger partial charge in [-0.3, -0.25) is 4.98 Å². The molecule has 2 heterocycles. The molecule has 50 heavy (non-hydrogen) atoms. The third-order valence-electron chi connectivity index (χ3n) is 8.79. The summed E-state index contributed by atoms with van der Waals surface area (Å²) >= 11 is 13.7. The van der Waals surface area contributed by atoms with E-state index in [1.807, 2.05) is 57.2 Å². The lowest BCUT2D eigenvalue weighted by atomic mass is 9.96. The molecule has 0 spiro atoms. The van der Waals surface area contributed by atoms with E-state index in [4.69, 9.17) is 37.4 Å². The summed E-state index contributed by atoms with van der Waals surface area (Å²) < 4.78 is 18.6. The molecule has 1 unspecified atom stereocenters. The molecule has 1 saturated heterocycles. The Morgan fingerprint density at radius 1 is 0.980 bits per heavy atom. The minimum Gasteiger partial charge on any atom is -0.492 e. The summed E-state index contributed by atoms with van der Waals surface area (Å²) in [6, 6.07) is 19.3. The van der Waals surface area contributed by atoms with E-state index < -0.39 is 5.54 Å². The number of hydrogen-bond donors (Lipinski definition) is 3. The number of halogens is 2. The van der Waals surface area contributed by atoms with Crippen molar-refractivity contribution >= 4 is 23.2 Å². The zero-order valence-corrected chi connectivity index (χ0v) is 30.2. The summed E-state index contributed by atoms with van der Waals surface area (Å²) in [4.78, 5) is 6.39. The second-order valence-electron chi connectivity index (χ2n) is 13.2. The van der Waals surface area contributed by atoms with Crippen LogP contribution in [0.5, 0.6) is 17.2 Å². The Bertz CT molecular complexity index is 1810. The van der Waals surface area contributed by atoms with Gasteiger partial charge < -0.3 is 34.6 Å². The fourth-order valence-electron chi connectivity index (χ4n) is 5.74. The highest BCUT2D eigenvalue weighted by atomic mass is 35.5. The monoisotopic (exact) mass is 718 g/mol. The lowest BCUT2D eigenvalue weighted by Gasteiger charge is -2.25. The smallest absolute Gasteiger partial charge is 0.142 e. The number of likely N-dealkylation sites (tertiary alicyclic amines) is 1. The zero-order valence-electron chi connectivity index (χ0n) is 28.7. The lowest BCUT2D eigenvalue weighted by molar-refractivity contribution is 0.173. The van der Waals surface area contributed by atoms with E-state index >= 15 is 0 Å². The third kappa shape index (κ3) is 9.88. The maximum Gasteiger partial charge on any atom is 0.142 e. The molecule has 1 aromatic heterocycles. The van der Waals surface area contributed by atoms with E-state index in [2.05, 4.69) is 21.3 Å². The van der Waals surface area contributed by atoms with Crippen molar-refractivity contribution in [2.75, 3.05) is 32.8 Å². The van der Waals surface area contributed by atoms with Crippen molar-refractivity contribution in [3.63, 3.8) is 0 Å². The molecule has 11 heteroatoms. The maximum absolute atomic E-state index is 9.77. The van der Waals surface area contributed by atoms with Crippen LogP contribution < -0.4 is 19.5 Å². The molecule has 1 aliphatic rings. The third-order valence-corrected chi connectivity index (χ3v) is 9.48. The molecule has 1 aliphatic heterocycles. The molecule has 0 amide bonds. The molecule has 1 atom stereocenters. The molecule has 0 bridgehead atoms. The van der Waals surface area contributed by atoms with Gasteiger partial charge in [-0.1, -0.05) is 53.5 Å². The van der Waals surface area contributed by atoms with Crippen LogP contribution in [0.1, 0.15) is 54.5 Å². The van der Waals surface area contributed by atoms with Gasteiger partial charge in [-0.15, -0.1) is 0 Å². The van der Waals surface area contributed by atoms with Gasteiger partial charge in [-0.05, 0) is 68.5 Å². The van der Waals surface area contributed by atoms with Gasteiger partial charge in [0.1, 0.15) is 36.5 Å². The Morgan fingerprint density at radius 3 is 2.52 bits per heavy atom. The van der Waals surface area contributed by atoms with Crippen LogP contribution in [0.25, 0.3) is 11.1 Å². The molecule has 5 rings (SSSR count). The number of rotatable bonds is 16. The van der Waals surface area contributed by atoms with Crippen LogP contribution in [0, 0.1) is 18.3 Å². The first-order chi connectivity index (χ1) is 24.1. The van der Waals surface area contributed by atoms with Gasteiger partial charge in [0.2, 0.25) is 0 Å².